The molecular weight excluding hydrogens is 460 g/mol. The number of thiophene rings is 1. The van der Waals surface area contributed by atoms with Crippen LogP contribution in [0.15, 0.2) is 29.2 Å². The highest BCUT2D eigenvalue weighted by Gasteiger charge is 2.29. The molecule has 1 atom stereocenters. The van der Waals surface area contributed by atoms with E-state index in [0.29, 0.717) is 54.6 Å². The van der Waals surface area contributed by atoms with Gasteiger partial charge in [0.05, 0.1) is 17.0 Å². The molecule has 1 aromatic carbocycles. The first-order valence-corrected chi connectivity index (χ1v) is 13.2. The lowest BCUT2D eigenvalue weighted by Gasteiger charge is -2.30. The molecule has 2 amide bonds. The summed E-state index contributed by atoms with van der Waals surface area (Å²) >= 11 is 1.31. The van der Waals surface area contributed by atoms with Crippen molar-refractivity contribution >= 4 is 38.2 Å². The van der Waals surface area contributed by atoms with Crippen molar-refractivity contribution in [1.82, 2.24) is 9.21 Å². The van der Waals surface area contributed by atoms with Gasteiger partial charge in [-0.15, -0.1) is 11.3 Å². The van der Waals surface area contributed by atoms with Crippen molar-refractivity contribution in [3.8, 4) is 6.07 Å². The van der Waals surface area contributed by atoms with Gasteiger partial charge >= 0.3 is 0 Å². The molecule has 0 spiro atoms. The monoisotopic (exact) mass is 486 g/mol. The molecule has 0 saturated carbocycles. The Labute approximate surface area is 197 Å². The molecule has 8 nitrogen and oxygen atoms in total. The van der Waals surface area contributed by atoms with Gasteiger partial charge in [-0.3, -0.25) is 9.59 Å². The summed E-state index contributed by atoms with van der Waals surface area (Å²) in [6.45, 7) is 5.56. The van der Waals surface area contributed by atoms with Gasteiger partial charge in [0, 0.05) is 37.0 Å². The Morgan fingerprint density at radius 2 is 1.94 bits per heavy atom. The quantitative estimate of drug-likeness (QED) is 0.714. The van der Waals surface area contributed by atoms with E-state index in [4.69, 9.17) is 0 Å². The summed E-state index contributed by atoms with van der Waals surface area (Å²) in [6, 6.07) is 8.08. The van der Waals surface area contributed by atoms with E-state index in [1.54, 1.807) is 4.90 Å². The first kappa shape index (κ1) is 23.4. The van der Waals surface area contributed by atoms with Gasteiger partial charge in [0.1, 0.15) is 11.1 Å². The largest absolute Gasteiger partial charge is 0.337 e. The number of hydrogen-bond acceptors (Lipinski definition) is 6. The maximum atomic E-state index is 12.9. The predicted octanol–water partition coefficient (Wildman–Crippen LogP) is 3.20. The molecular formula is C23H26N4O4S2. The lowest BCUT2D eigenvalue weighted by atomic mass is 10.0. The molecule has 3 heterocycles. The van der Waals surface area contributed by atoms with Crippen LogP contribution in [0.3, 0.4) is 0 Å². The van der Waals surface area contributed by atoms with E-state index in [2.05, 4.69) is 11.4 Å². The number of rotatable bonds is 4. The number of anilines is 1. The molecule has 2 aromatic rings. The van der Waals surface area contributed by atoms with Gasteiger partial charge in [-0.05, 0) is 55.0 Å². The molecule has 1 aromatic heterocycles. The van der Waals surface area contributed by atoms with Gasteiger partial charge in [-0.2, -0.15) is 9.57 Å². The molecule has 174 valence electrons. The van der Waals surface area contributed by atoms with E-state index >= 15 is 0 Å². The van der Waals surface area contributed by atoms with Gasteiger partial charge in [0.25, 0.3) is 5.91 Å². The van der Waals surface area contributed by atoms with Crippen LogP contribution in [0.5, 0.6) is 0 Å². The standard InChI is InChI=1S/C23H26N4O4S2/c1-15-4-3-10-27(13-15)33(30,31)18-7-5-17(6-8-18)22(29)25-23-20(12-24)19-9-11-26(16(2)28)14-21(19)32-23/h5-8,15H,3-4,9-11,13-14H2,1-2H3,(H,25,29). The SMILES string of the molecule is CC(=O)N1CCc2c(sc(NC(=O)c3ccc(S(=O)(=O)N4CCCC(C)C4)cc3)c2C#N)C1. The number of nitriles is 1. The van der Waals surface area contributed by atoms with E-state index in [1.165, 1.54) is 46.8 Å². The first-order valence-electron chi connectivity index (χ1n) is 10.9. The maximum absolute atomic E-state index is 12.9. The van der Waals surface area contributed by atoms with E-state index in [1.807, 2.05) is 6.92 Å². The van der Waals surface area contributed by atoms with Crippen molar-refractivity contribution in [2.45, 2.75) is 44.6 Å². The number of nitrogens with zero attached hydrogens (tertiary/aromatic N) is 3. The van der Waals surface area contributed by atoms with E-state index in [-0.39, 0.29) is 10.8 Å². The van der Waals surface area contributed by atoms with Crippen LogP contribution in [0.1, 0.15) is 53.1 Å². The molecule has 2 aliphatic heterocycles. The molecule has 0 bridgehead atoms. The van der Waals surface area contributed by atoms with Crippen LogP contribution in [0.4, 0.5) is 5.00 Å². The molecule has 10 heteroatoms. The zero-order chi connectivity index (χ0) is 23.8. The maximum Gasteiger partial charge on any atom is 0.256 e. The fraction of sp³-hybridized carbons (Fsp3) is 0.435. The average molecular weight is 487 g/mol. The minimum absolute atomic E-state index is 0.0211. The minimum Gasteiger partial charge on any atom is -0.337 e. The normalized spacial score (nSPS) is 18.9. The summed E-state index contributed by atoms with van der Waals surface area (Å²) in [7, 11) is -3.59. The second-order valence-electron chi connectivity index (χ2n) is 8.60. The lowest BCUT2D eigenvalue weighted by molar-refractivity contribution is -0.129. The highest BCUT2D eigenvalue weighted by molar-refractivity contribution is 7.89. The van der Waals surface area contributed by atoms with Crippen LogP contribution in [0, 0.1) is 17.2 Å². The zero-order valence-corrected chi connectivity index (χ0v) is 20.3. The van der Waals surface area contributed by atoms with Gasteiger partial charge in [-0.1, -0.05) is 6.92 Å². The van der Waals surface area contributed by atoms with Crippen LogP contribution < -0.4 is 5.32 Å². The van der Waals surface area contributed by atoms with Gasteiger partial charge < -0.3 is 10.2 Å². The number of piperidine rings is 1. The van der Waals surface area contributed by atoms with Crippen molar-refractivity contribution in [3.05, 3.63) is 45.8 Å². The fourth-order valence-electron chi connectivity index (χ4n) is 4.35. The number of sulfonamides is 1. The molecule has 1 N–H and O–H groups in total. The summed E-state index contributed by atoms with van der Waals surface area (Å²) in [5, 5.41) is 12.9. The molecule has 1 saturated heterocycles. The van der Waals surface area contributed by atoms with E-state index < -0.39 is 15.9 Å². The Hall–Kier alpha value is -2.74. The number of benzene rings is 1. The van der Waals surface area contributed by atoms with Crippen molar-refractivity contribution in [1.29, 1.82) is 5.26 Å². The summed E-state index contributed by atoms with van der Waals surface area (Å²) in [5.41, 5.74) is 1.62. The summed E-state index contributed by atoms with van der Waals surface area (Å²) < 4.78 is 27.4. The van der Waals surface area contributed by atoms with Crippen molar-refractivity contribution in [3.63, 3.8) is 0 Å². The predicted molar refractivity (Wildman–Crippen MR) is 125 cm³/mol. The van der Waals surface area contributed by atoms with Crippen LogP contribution in [0.25, 0.3) is 0 Å². The van der Waals surface area contributed by atoms with Crippen molar-refractivity contribution < 1.29 is 18.0 Å². The molecule has 1 unspecified atom stereocenters. The van der Waals surface area contributed by atoms with Crippen molar-refractivity contribution in [2.75, 3.05) is 25.0 Å². The number of carbonyl (C=O) groups excluding carboxylic acids is 2. The van der Waals surface area contributed by atoms with Crippen LogP contribution in [-0.4, -0.2) is 49.1 Å². The number of nitrogens with one attached hydrogen (secondary N) is 1. The van der Waals surface area contributed by atoms with Gasteiger partial charge in [0.2, 0.25) is 15.9 Å². The Kier molecular flexibility index (Phi) is 6.56. The third-order valence-electron chi connectivity index (χ3n) is 6.22. The number of fused-ring (bicyclic) bond motifs is 1. The molecule has 0 radical (unpaired) electrons. The third-order valence-corrected chi connectivity index (χ3v) is 9.23. The minimum atomic E-state index is -3.59. The van der Waals surface area contributed by atoms with E-state index in [9.17, 15) is 23.3 Å². The Balaban J connectivity index is 1.51. The summed E-state index contributed by atoms with van der Waals surface area (Å²) in [5.74, 6) is -0.108. The smallest absolute Gasteiger partial charge is 0.256 e. The summed E-state index contributed by atoms with van der Waals surface area (Å²) in [6.07, 6.45) is 2.44. The first-order chi connectivity index (χ1) is 15.7. The molecule has 2 aliphatic rings. The fourth-order valence-corrected chi connectivity index (χ4v) is 7.15. The lowest BCUT2D eigenvalue weighted by Crippen LogP contribution is -2.39. The van der Waals surface area contributed by atoms with E-state index in [0.717, 1.165) is 23.3 Å². The van der Waals surface area contributed by atoms with Gasteiger partial charge in [-0.25, -0.2) is 8.42 Å². The number of amides is 2. The highest BCUT2D eigenvalue weighted by Crippen LogP contribution is 2.37. The van der Waals surface area contributed by atoms with Crippen LogP contribution in [-0.2, 0) is 27.8 Å². The average Bonchev–Trinajstić information content (AvgIpc) is 3.15. The molecule has 33 heavy (non-hydrogen) atoms. The Morgan fingerprint density at radius 1 is 1.21 bits per heavy atom. The number of hydrogen-bond donors (Lipinski definition) is 1. The highest BCUT2D eigenvalue weighted by atomic mass is 32.2. The third kappa shape index (κ3) is 4.67. The van der Waals surface area contributed by atoms with Crippen molar-refractivity contribution in [2.24, 2.45) is 5.92 Å². The second kappa shape index (κ2) is 9.25. The molecule has 1 fully saturated rings. The zero-order valence-electron chi connectivity index (χ0n) is 18.6. The van der Waals surface area contributed by atoms with Crippen LogP contribution in [0.2, 0.25) is 0 Å². The topological polar surface area (TPSA) is 111 Å². The Morgan fingerprint density at radius 3 is 2.58 bits per heavy atom. The Bertz CT molecular complexity index is 1230. The molecule has 0 aliphatic carbocycles. The van der Waals surface area contributed by atoms with Crippen LogP contribution >= 0.6 is 11.3 Å². The summed E-state index contributed by atoms with van der Waals surface area (Å²) in [4.78, 5) is 27.3. The van der Waals surface area contributed by atoms with Gasteiger partial charge in [0.15, 0.2) is 0 Å². The number of carbonyl (C=O) groups is 2. The second-order valence-corrected chi connectivity index (χ2v) is 11.6. The molecule has 4 rings (SSSR count).